The van der Waals surface area contributed by atoms with E-state index in [0.717, 1.165) is 34.7 Å². The van der Waals surface area contributed by atoms with Crippen LogP contribution in [-0.2, 0) is 11.3 Å². The van der Waals surface area contributed by atoms with Crippen LogP contribution in [0.4, 0.5) is 5.00 Å². The highest BCUT2D eigenvalue weighted by atomic mass is 35.5. The average molecular weight is 477 g/mol. The van der Waals surface area contributed by atoms with E-state index in [4.69, 9.17) is 28.6 Å². The minimum atomic E-state index is -0.359. The molecule has 0 aliphatic carbocycles. The Kier molecular flexibility index (Phi) is 8.06. The molecule has 0 bridgehead atoms. The number of hydrogen-bond donors (Lipinski definition) is 2. The van der Waals surface area contributed by atoms with E-state index in [1.807, 2.05) is 55.1 Å². The molecule has 0 spiro atoms. The summed E-state index contributed by atoms with van der Waals surface area (Å²) in [5, 5.41) is 12.5. The van der Waals surface area contributed by atoms with Crippen LogP contribution >= 0.6 is 35.2 Å². The van der Waals surface area contributed by atoms with Gasteiger partial charge in [-0.25, -0.2) is 4.79 Å². The van der Waals surface area contributed by atoms with Gasteiger partial charge in [-0.3, -0.25) is 4.68 Å². The Hall–Kier alpha value is -2.42. The maximum atomic E-state index is 12.8. The van der Waals surface area contributed by atoms with Crippen molar-refractivity contribution in [3.63, 3.8) is 0 Å². The van der Waals surface area contributed by atoms with Crippen molar-refractivity contribution in [2.24, 2.45) is 0 Å². The number of esters is 1. The van der Waals surface area contributed by atoms with Gasteiger partial charge in [0.05, 0.1) is 17.3 Å². The van der Waals surface area contributed by atoms with Gasteiger partial charge in [-0.15, -0.1) is 11.3 Å². The molecule has 0 saturated heterocycles. The quantitative estimate of drug-likeness (QED) is 0.256. The summed E-state index contributed by atoms with van der Waals surface area (Å²) in [6.45, 7) is 7.37. The van der Waals surface area contributed by atoms with Crippen molar-refractivity contribution in [1.29, 1.82) is 0 Å². The van der Waals surface area contributed by atoms with Gasteiger partial charge < -0.3 is 15.4 Å². The average Bonchev–Trinajstić information content (AvgIpc) is 3.24. The molecule has 0 radical (unpaired) electrons. The third-order valence-electron chi connectivity index (χ3n) is 4.59. The molecule has 0 saturated carbocycles. The maximum Gasteiger partial charge on any atom is 0.341 e. The molecule has 6 nitrogen and oxygen atoms in total. The number of thiophene rings is 1. The summed E-state index contributed by atoms with van der Waals surface area (Å²) >= 11 is 13.0. The van der Waals surface area contributed by atoms with E-state index in [1.54, 1.807) is 6.92 Å². The standard InChI is InChI=1S/C22H25ClN4O2S2/c1-4-29-21(28)19-18(16-9-6-5-7-10-16)15(3)31-20(19)25-22(30)24-11-8-12-27-13-17(23)14(2)26-27/h5-7,9-10,13H,4,8,11-12H2,1-3H3,(H2,24,25,30). The zero-order chi connectivity index (χ0) is 22.4. The lowest BCUT2D eigenvalue weighted by atomic mass is 10.0. The Bertz CT molecular complexity index is 1040. The Balaban J connectivity index is 1.68. The fourth-order valence-corrected chi connectivity index (χ4v) is 4.67. The number of hydrogen-bond acceptors (Lipinski definition) is 5. The molecule has 0 unspecified atom stereocenters. The van der Waals surface area contributed by atoms with Crippen LogP contribution in [-0.4, -0.2) is 34.0 Å². The van der Waals surface area contributed by atoms with E-state index < -0.39 is 0 Å². The molecule has 1 aromatic carbocycles. The number of halogens is 1. The largest absolute Gasteiger partial charge is 0.462 e. The number of aryl methyl sites for hydroxylation is 3. The first-order valence-corrected chi connectivity index (χ1v) is 11.6. The van der Waals surface area contributed by atoms with Gasteiger partial charge in [-0.05, 0) is 45.0 Å². The molecule has 0 aliphatic heterocycles. The molecular formula is C22H25ClN4O2S2. The summed E-state index contributed by atoms with van der Waals surface area (Å²) < 4.78 is 7.15. The highest BCUT2D eigenvalue weighted by Gasteiger charge is 2.24. The molecule has 9 heteroatoms. The van der Waals surface area contributed by atoms with Gasteiger partial charge in [0, 0.05) is 29.7 Å². The molecule has 0 amide bonds. The predicted octanol–water partition coefficient (Wildman–Crippen LogP) is 5.44. The molecule has 2 heterocycles. The first-order chi connectivity index (χ1) is 14.9. The second-order valence-electron chi connectivity index (χ2n) is 6.88. The number of nitrogens with zero attached hydrogens (tertiary/aromatic N) is 2. The second kappa shape index (κ2) is 10.7. The van der Waals surface area contributed by atoms with Crippen LogP contribution in [0.25, 0.3) is 11.1 Å². The number of benzene rings is 1. The SMILES string of the molecule is CCOC(=O)c1c(NC(=S)NCCCn2cc(Cl)c(C)n2)sc(C)c1-c1ccccc1. The van der Waals surface area contributed by atoms with Gasteiger partial charge in [0.1, 0.15) is 10.6 Å². The van der Waals surface area contributed by atoms with Crippen molar-refractivity contribution in [3.8, 4) is 11.1 Å². The first-order valence-electron chi connectivity index (χ1n) is 10.0. The Morgan fingerprint density at radius 2 is 2.03 bits per heavy atom. The molecule has 2 aromatic heterocycles. The van der Waals surface area contributed by atoms with Gasteiger partial charge in [0.25, 0.3) is 0 Å². The third-order valence-corrected chi connectivity index (χ3v) is 6.23. The number of carbonyl (C=O) groups is 1. The molecule has 2 N–H and O–H groups in total. The molecular weight excluding hydrogens is 452 g/mol. The lowest BCUT2D eigenvalue weighted by Gasteiger charge is -2.12. The molecule has 3 aromatic rings. The summed E-state index contributed by atoms with van der Waals surface area (Å²) in [6, 6.07) is 9.83. The molecule has 31 heavy (non-hydrogen) atoms. The first kappa shape index (κ1) is 23.2. The number of carbonyl (C=O) groups excluding carboxylic acids is 1. The minimum Gasteiger partial charge on any atom is -0.462 e. The number of thiocarbonyl (C=S) groups is 1. The predicted molar refractivity (Wildman–Crippen MR) is 131 cm³/mol. The van der Waals surface area contributed by atoms with Gasteiger partial charge in [0.15, 0.2) is 5.11 Å². The summed E-state index contributed by atoms with van der Waals surface area (Å²) in [5.74, 6) is -0.359. The minimum absolute atomic E-state index is 0.307. The molecule has 164 valence electrons. The topological polar surface area (TPSA) is 68.2 Å². The number of rotatable bonds is 8. The van der Waals surface area contributed by atoms with Crippen molar-refractivity contribution in [1.82, 2.24) is 15.1 Å². The van der Waals surface area contributed by atoms with Crippen LogP contribution in [0, 0.1) is 13.8 Å². The van der Waals surface area contributed by atoms with Gasteiger partial charge in [-0.2, -0.15) is 5.10 Å². The zero-order valence-corrected chi connectivity index (χ0v) is 20.1. The number of aromatic nitrogens is 2. The van der Waals surface area contributed by atoms with E-state index in [0.29, 0.717) is 33.9 Å². The molecule has 0 atom stereocenters. The summed E-state index contributed by atoms with van der Waals surface area (Å²) in [6.07, 6.45) is 2.64. The van der Waals surface area contributed by atoms with Crippen LogP contribution < -0.4 is 10.6 Å². The number of anilines is 1. The normalized spacial score (nSPS) is 10.7. The van der Waals surface area contributed by atoms with Crippen LogP contribution in [0.3, 0.4) is 0 Å². The smallest absolute Gasteiger partial charge is 0.341 e. The van der Waals surface area contributed by atoms with E-state index in [1.165, 1.54) is 11.3 Å². The van der Waals surface area contributed by atoms with Crippen LogP contribution in [0.2, 0.25) is 5.02 Å². The van der Waals surface area contributed by atoms with Crippen molar-refractivity contribution >= 4 is 51.2 Å². The van der Waals surface area contributed by atoms with E-state index in [-0.39, 0.29) is 5.97 Å². The Morgan fingerprint density at radius 3 is 2.68 bits per heavy atom. The lowest BCUT2D eigenvalue weighted by molar-refractivity contribution is 0.0529. The highest BCUT2D eigenvalue weighted by Crippen LogP contribution is 2.40. The second-order valence-corrected chi connectivity index (χ2v) is 8.92. The summed E-state index contributed by atoms with van der Waals surface area (Å²) in [5.41, 5.74) is 3.18. The molecule has 3 rings (SSSR count). The van der Waals surface area contributed by atoms with E-state index >= 15 is 0 Å². The van der Waals surface area contributed by atoms with Crippen LogP contribution in [0.15, 0.2) is 36.5 Å². The van der Waals surface area contributed by atoms with Crippen molar-refractivity contribution < 1.29 is 9.53 Å². The lowest BCUT2D eigenvalue weighted by Crippen LogP contribution is -2.30. The zero-order valence-electron chi connectivity index (χ0n) is 17.7. The Morgan fingerprint density at radius 1 is 1.29 bits per heavy atom. The molecule has 0 aliphatic rings. The van der Waals surface area contributed by atoms with Crippen molar-refractivity contribution in [2.45, 2.75) is 33.7 Å². The molecule has 0 fully saturated rings. The fourth-order valence-electron chi connectivity index (χ4n) is 3.18. The third kappa shape index (κ3) is 5.84. The summed E-state index contributed by atoms with van der Waals surface area (Å²) in [7, 11) is 0. The van der Waals surface area contributed by atoms with Crippen LogP contribution in [0.5, 0.6) is 0 Å². The number of nitrogens with one attached hydrogen (secondary N) is 2. The van der Waals surface area contributed by atoms with Crippen LogP contribution in [0.1, 0.15) is 34.3 Å². The maximum absolute atomic E-state index is 12.8. The van der Waals surface area contributed by atoms with Crippen molar-refractivity contribution in [3.05, 3.63) is 57.7 Å². The number of ether oxygens (including phenoxy) is 1. The van der Waals surface area contributed by atoms with E-state index in [2.05, 4.69) is 15.7 Å². The highest BCUT2D eigenvalue weighted by molar-refractivity contribution is 7.80. The monoisotopic (exact) mass is 476 g/mol. The van der Waals surface area contributed by atoms with Gasteiger partial charge in [-0.1, -0.05) is 41.9 Å². The Labute approximate surface area is 196 Å². The van der Waals surface area contributed by atoms with Crippen molar-refractivity contribution in [2.75, 3.05) is 18.5 Å². The van der Waals surface area contributed by atoms with Gasteiger partial charge >= 0.3 is 5.97 Å². The van der Waals surface area contributed by atoms with E-state index in [9.17, 15) is 4.79 Å². The fraction of sp³-hybridized carbons (Fsp3) is 0.318. The summed E-state index contributed by atoms with van der Waals surface area (Å²) in [4.78, 5) is 13.8. The van der Waals surface area contributed by atoms with Gasteiger partial charge in [0.2, 0.25) is 0 Å².